The molecule has 6 heteroatoms. The minimum absolute atomic E-state index is 0.140. The predicted octanol–water partition coefficient (Wildman–Crippen LogP) is 1.90. The molecule has 1 fully saturated rings. The summed E-state index contributed by atoms with van der Waals surface area (Å²) in [5.41, 5.74) is 6.93. The van der Waals surface area contributed by atoms with E-state index in [0.29, 0.717) is 30.0 Å². The zero-order valence-corrected chi connectivity index (χ0v) is 13.7. The van der Waals surface area contributed by atoms with Gasteiger partial charge in [0, 0.05) is 24.7 Å². The lowest BCUT2D eigenvalue weighted by atomic mass is 9.90. The average molecular weight is 319 g/mol. The smallest absolute Gasteiger partial charge is 0.245 e. The van der Waals surface area contributed by atoms with E-state index in [-0.39, 0.29) is 5.41 Å². The molecule has 2 heterocycles. The van der Waals surface area contributed by atoms with Crippen molar-refractivity contribution in [2.45, 2.75) is 25.2 Å². The maximum absolute atomic E-state index is 13.1. The van der Waals surface area contributed by atoms with Gasteiger partial charge < -0.3 is 5.73 Å². The Balaban J connectivity index is 2.13. The number of benzene rings is 1. The van der Waals surface area contributed by atoms with Crippen LogP contribution in [0.4, 0.5) is 0 Å². The SMILES string of the molecule is Cc1ccc2cccnc2c1S(=O)(=O)N1CCC(C)(CN)C1. The summed E-state index contributed by atoms with van der Waals surface area (Å²) in [5, 5.41) is 0.840. The van der Waals surface area contributed by atoms with Crippen molar-refractivity contribution in [1.82, 2.24) is 9.29 Å². The van der Waals surface area contributed by atoms with Gasteiger partial charge in [-0.25, -0.2) is 8.42 Å². The first-order valence-corrected chi connectivity index (χ1v) is 8.86. The van der Waals surface area contributed by atoms with Crippen LogP contribution in [0.5, 0.6) is 0 Å². The lowest BCUT2D eigenvalue weighted by Crippen LogP contribution is -2.34. The summed E-state index contributed by atoms with van der Waals surface area (Å²) in [6, 6.07) is 7.45. The van der Waals surface area contributed by atoms with Gasteiger partial charge in [-0.3, -0.25) is 4.98 Å². The van der Waals surface area contributed by atoms with Gasteiger partial charge >= 0.3 is 0 Å². The Morgan fingerprint density at radius 2 is 2.14 bits per heavy atom. The van der Waals surface area contributed by atoms with Crippen LogP contribution in [0.2, 0.25) is 0 Å². The zero-order chi connectivity index (χ0) is 16.0. The van der Waals surface area contributed by atoms with E-state index in [4.69, 9.17) is 5.73 Å². The molecule has 1 aromatic heterocycles. The number of pyridine rings is 1. The molecule has 0 spiro atoms. The molecule has 1 aliphatic rings. The summed E-state index contributed by atoms with van der Waals surface area (Å²) >= 11 is 0. The van der Waals surface area contributed by atoms with Gasteiger partial charge in [0.25, 0.3) is 0 Å². The molecular formula is C16H21N3O2S. The highest BCUT2D eigenvalue weighted by molar-refractivity contribution is 7.89. The molecule has 5 nitrogen and oxygen atoms in total. The Labute approximate surface area is 131 Å². The van der Waals surface area contributed by atoms with Crippen LogP contribution in [0.25, 0.3) is 10.9 Å². The van der Waals surface area contributed by atoms with Crippen molar-refractivity contribution < 1.29 is 8.42 Å². The summed E-state index contributed by atoms with van der Waals surface area (Å²) in [6.45, 7) is 5.33. The Hall–Kier alpha value is -1.50. The molecule has 2 N–H and O–H groups in total. The largest absolute Gasteiger partial charge is 0.330 e. The van der Waals surface area contributed by atoms with Crippen molar-refractivity contribution in [3.05, 3.63) is 36.0 Å². The van der Waals surface area contributed by atoms with Gasteiger partial charge in [-0.2, -0.15) is 4.31 Å². The normalized spacial score (nSPS) is 23.2. The molecule has 1 unspecified atom stereocenters. The standard InChI is InChI=1S/C16H21N3O2S/c1-12-5-6-13-4-3-8-18-14(13)15(12)22(20,21)19-9-7-16(2,10-17)11-19/h3-6,8H,7,9-11,17H2,1-2H3. The topological polar surface area (TPSA) is 76.3 Å². The van der Waals surface area contributed by atoms with Crippen LogP contribution >= 0.6 is 0 Å². The maximum Gasteiger partial charge on any atom is 0.245 e. The molecule has 0 amide bonds. The third-order valence-electron chi connectivity index (χ3n) is 4.54. The van der Waals surface area contributed by atoms with Crippen LogP contribution in [0, 0.1) is 12.3 Å². The minimum atomic E-state index is -3.56. The van der Waals surface area contributed by atoms with Crippen LogP contribution in [0.15, 0.2) is 35.4 Å². The van der Waals surface area contributed by atoms with Crippen molar-refractivity contribution >= 4 is 20.9 Å². The fourth-order valence-electron chi connectivity index (χ4n) is 3.02. The lowest BCUT2D eigenvalue weighted by molar-refractivity contribution is 0.350. The first kappa shape index (κ1) is 15.4. The Morgan fingerprint density at radius 3 is 2.82 bits per heavy atom. The number of rotatable bonds is 3. The highest BCUT2D eigenvalue weighted by atomic mass is 32.2. The molecular weight excluding hydrogens is 298 g/mol. The summed E-state index contributed by atoms with van der Waals surface area (Å²) in [4.78, 5) is 4.63. The first-order chi connectivity index (χ1) is 10.4. The lowest BCUT2D eigenvalue weighted by Gasteiger charge is -2.23. The molecule has 0 aliphatic carbocycles. The summed E-state index contributed by atoms with van der Waals surface area (Å²) < 4.78 is 27.8. The molecule has 3 rings (SSSR count). The highest BCUT2D eigenvalue weighted by Crippen LogP contribution is 2.35. The fourth-order valence-corrected chi connectivity index (χ4v) is 4.99. The van der Waals surface area contributed by atoms with Crippen LogP contribution in [-0.4, -0.2) is 37.3 Å². The number of sulfonamides is 1. The van der Waals surface area contributed by atoms with Crippen molar-refractivity contribution in [1.29, 1.82) is 0 Å². The van der Waals surface area contributed by atoms with Gasteiger partial charge in [-0.15, -0.1) is 0 Å². The van der Waals surface area contributed by atoms with Gasteiger partial charge in [-0.05, 0) is 36.9 Å². The van der Waals surface area contributed by atoms with E-state index >= 15 is 0 Å². The van der Waals surface area contributed by atoms with Crippen molar-refractivity contribution in [3.63, 3.8) is 0 Å². The number of fused-ring (bicyclic) bond motifs is 1. The fraction of sp³-hybridized carbons (Fsp3) is 0.438. The summed E-state index contributed by atoms with van der Waals surface area (Å²) in [7, 11) is -3.56. The molecule has 1 saturated heterocycles. The third-order valence-corrected chi connectivity index (χ3v) is 6.56. The molecule has 22 heavy (non-hydrogen) atoms. The van der Waals surface area contributed by atoms with Gasteiger partial charge in [0.15, 0.2) is 0 Å². The second kappa shape index (κ2) is 5.30. The second-order valence-electron chi connectivity index (χ2n) is 6.39. The van der Waals surface area contributed by atoms with Crippen molar-refractivity contribution in [2.75, 3.05) is 19.6 Å². The van der Waals surface area contributed by atoms with Gasteiger partial charge in [-0.1, -0.05) is 25.1 Å². The third kappa shape index (κ3) is 2.41. The average Bonchev–Trinajstić information content (AvgIpc) is 2.91. The molecule has 0 radical (unpaired) electrons. The van der Waals surface area contributed by atoms with E-state index in [2.05, 4.69) is 4.98 Å². The molecule has 0 saturated carbocycles. The molecule has 118 valence electrons. The monoisotopic (exact) mass is 319 g/mol. The second-order valence-corrected chi connectivity index (χ2v) is 8.26. The van der Waals surface area contributed by atoms with Crippen molar-refractivity contribution in [2.24, 2.45) is 11.1 Å². The Bertz CT molecular complexity index is 819. The number of aryl methyl sites for hydroxylation is 1. The van der Waals surface area contributed by atoms with Gasteiger partial charge in [0.2, 0.25) is 10.0 Å². The number of hydrogen-bond acceptors (Lipinski definition) is 4. The van der Waals surface area contributed by atoms with Crippen LogP contribution in [0.1, 0.15) is 18.9 Å². The predicted molar refractivity (Wildman–Crippen MR) is 87.0 cm³/mol. The first-order valence-electron chi connectivity index (χ1n) is 7.42. The van der Waals surface area contributed by atoms with E-state index in [0.717, 1.165) is 17.4 Å². The van der Waals surface area contributed by atoms with E-state index < -0.39 is 10.0 Å². The molecule has 1 atom stereocenters. The Kier molecular flexibility index (Phi) is 3.71. The number of aromatic nitrogens is 1. The number of hydrogen-bond donors (Lipinski definition) is 1. The summed E-state index contributed by atoms with van der Waals surface area (Å²) in [6.07, 6.45) is 2.43. The van der Waals surface area contributed by atoms with E-state index in [9.17, 15) is 8.42 Å². The molecule has 1 aliphatic heterocycles. The maximum atomic E-state index is 13.1. The van der Waals surface area contributed by atoms with Crippen LogP contribution in [-0.2, 0) is 10.0 Å². The minimum Gasteiger partial charge on any atom is -0.330 e. The molecule has 0 bridgehead atoms. The Morgan fingerprint density at radius 1 is 1.36 bits per heavy atom. The zero-order valence-electron chi connectivity index (χ0n) is 12.9. The number of nitrogens with zero attached hydrogens (tertiary/aromatic N) is 2. The van der Waals surface area contributed by atoms with Gasteiger partial charge in [0.05, 0.1) is 5.52 Å². The molecule has 1 aromatic carbocycles. The van der Waals surface area contributed by atoms with E-state index in [1.807, 2.05) is 38.1 Å². The number of nitrogens with two attached hydrogens (primary N) is 1. The van der Waals surface area contributed by atoms with E-state index in [1.165, 1.54) is 0 Å². The van der Waals surface area contributed by atoms with Crippen LogP contribution < -0.4 is 5.73 Å². The quantitative estimate of drug-likeness (QED) is 0.937. The van der Waals surface area contributed by atoms with Gasteiger partial charge in [0.1, 0.15) is 4.90 Å². The van der Waals surface area contributed by atoms with Crippen molar-refractivity contribution in [3.8, 4) is 0 Å². The van der Waals surface area contributed by atoms with Crippen LogP contribution in [0.3, 0.4) is 0 Å². The van der Waals surface area contributed by atoms with E-state index in [1.54, 1.807) is 10.5 Å². The molecule has 2 aromatic rings. The highest BCUT2D eigenvalue weighted by Gasteiger charge is 2.40. The summed E-state index contributed by atoms with van der Waals surface area (Å²) in [5.74, 6) is 0.